The predicted molar refractivity (Wildman–Crippen MR) is 92.5 cm³/mol. The Morgan fingerprint density at radius 3 is 2.88 bits per heavy atom. The molecule has 2 aromatic carbocycles. The molecule has 3 aromatic rings. The highest BCUT2D eigenvalue weighted by atomic mass is 16.6. The van der Waals surface area contributed by atoms with Gasteiger partial charge in [-0.2, -0.15) is 5.10 Å². The highest BCUT2D eigenvalue weighted by Gasteiger charge is 2.16. The predicted octanol–water partition coefficient (Wildman–Crippen LogP) is 3.60. The number of phenols is 1. The second-order valence-corrected chi connectivity index (χ2v) is 5.23. The van der Waals surface area contributed by atoms with Crippen LogP contribution in [-0.4, -0.2) is 21.2 Å². The third-order valence-corrected chi connectivity index (χ3v) is 3.48. The van der Waals surface area contributed by atoms with Gasteiger partial charge < -0.3 is 5.11 Å². The van der Waals surface area contributed by atoms with Crippen molar-refractivity contribution in [2.24, 2.45) is 5.10 Å². The molecule has 0 atom stereocenters. The number of benzene rings is 2. The largest absolute Gasteiger partial charge is 0.502 e. The van der Waals surface area contributed by atoms with Gasteiger partial charge in [0.05, 0.1) is 22.3 Å². The number of nitro groups is 1. The fourth-order valence-electron chi connectivity index (χ4n) is 2.39. The zero-order valence-corrected chi connectivity index (χ0v) is 12.8. The summed E-state index contributed by atoms with van der Waals surface area (Å²) in [6.45, 7) is 1.71. The van der Waals surface area contributed by atoms with Crippen LogP contribution in [0.2, 0.25) is 0 Å². The van der Waals surface area contributed by atoms with Crippen molar-refractivity contribution < 1.29 is 10.0 Å². The standard InChI is InChI=1S/C17H14N4O3/c1-11-8-13(17(22)15(9-11)21(23)24)10-19-20-14-6-2-4-12-5-3-7-18-16(12)14/h2-10,20,22H,1H3. The highest BCUT2D eigenvalue weighted by molar-refractivity contribution is 5.91. The summed E-state index contributed by atoms with van der Waals surface area (Å²) in [6.07, 6.45) is 3.03. The van der Waals surface area contributed by atoms with Gasteiger partial charge in [0.25, 0.3) is 0 Å². The van der Waals surface area contributed by atoms with Gasteiger partial charge in [0.1, 0.15) is 0 Å². The number of aryl methyl sites for hydroxylation is 1. The van der Waals surface area contributed by atoms with E-state index in [9.17, 15) is 15.2 Å². The van der Waals surface area contributed by atoms with Crippen LogP contribution in [0.3, 0.4) is 0 Å². The first-order chi connectivity index (χ1) is 11.6. The van der Waals surface area contributed by atoms with Crippen molar-refractivity contribution >= 4 is 28.5 Å². The molecule has 120 valence electrons. The number of nitrogens with zero attached hydrogens (tertiary/aromatic N) is 3. The summed E-state index contributed by atoms with van der Waals surface area (Å²) >= 11 is 0. The first-order valence-corrected chi connectivity index (χ1v) is 7.17. The minimum Gasteiger partial charge on any atom is -0.502 e. The van der Waals surface area contributed by atoms with Crippen LogP contribution in [0, 0.1) is 17.0 Å². The summed E-state index contributed by atoms with van der Waals surface area (Å²) in [4.78, 5) is 14.6. The first kappa shape index (κ1) is 15.4. The van der Waals surface area contributed by atoms with E-state index in [-0.39, 0.29) is 11.3 Å². The summed E-state index contributed by atoms with van der Waals surface area (Å²) in [6, 6.07) is 12.4. The number of aromatic nitrogens is 1. The van der Waals surface area contributed by atoms with Gasteiger partial charge in [-0.25, -0.2) is 0 Å². The lowest BCUT2D eigenvalue weighted by atomic mass is 10.1. The van der Waals surface area contributed by atoms with Crippen molar-refractivity contribution in [1.29, 1.82) is 0 Å². The van der Waals surface area contributed by atoms with E-state index in [1.807, 2.05) is 30.3 Å². The Morgan fingerprint density at radius 1 is 1.29 bits per heavy atom. The number of anilines is 1. The Bertz CT molecular complexity index is 948. The molecular formula is C17H14N4O3. The Balaban J connectivity index is 1.90. The van der Waals surface area contributed by atoms with Gasteiger partial charge in [0, 0.05) is 23.2 Å². The van der Waals surface area contributed by atoms with Crippen LogP contribution in [-0.2, 0) is 0 Å². The maximum absolute atomic E-state index is 10.9. The van der Waals surface area contributed by atoms with E-state index in [0.717, 1.165) is 10.9 Å². The van der Waals surface area contributed by atoms with E-state index in [4.69, 9.17) is 0 Å². The van der Waals surface area contributed by atoms with Crippen molar-refractivity contribution in [3.8, 4) is 5.75 Å². The van der Waals surface area contributed by atoms with Gasteiger partial charge in [0.2, 0.25) is 5.75 Å². The zero-order chi connectivity index (χ0) is 17.1. The summed E-state index contributed by atoms with van der Waals surface area (Å²) in [5, 5.41) is 26.0. The molecule has 7 nitrogen and oxygen atoms in total. The number of rotatable bonds is 4. The van der Waals surface area contributed by atoms with Crippen LogP contribution in [0.1, 0.15) is 11.1 Å². The second-order valence-electron chi connectivity index (χ2n) is 5.23. The molecule has 0 spiro atoms. The third kappa shape index (κ3) is 3.00. The number of hydrogen-bond acceptors (Lipinski definition) is 6. The minimum absolute atomic E-state index is 0.266. The number of nitro benzene ring substituents is 1. The van der Waals surface area contributed by atoms with Gasteiger partial charge in [0.15, 0.2) is 0 Å². The molecule has 24 heavy (non-hydrogen) atoms. The molecule has 7 heteroatoms. The van der Waals surface area contributed by atoms with E-state index >= 15 is 0 Å². The molecule has 0 aliphatic heterocycles. The number of hydrogen-bond donors (Lipinski definition) is 2. The number of fused-ring (bicyclic) bond motifs is 1. The molecule has 1 heterocycles. The third-order valence-electron chi connectivity index (χ3n) is 3.48. The van der Waals surface area contributed by atoms with Crippen LogP contribution in [0.15, 0.2) is 53.8 Å². The molecule has 0 saturated carbocycles. The summed E-state index contributed by atoms with van der Waals surface area (Å²) in [5.74, 6) is -0.410. The van der Waals surface area contributed by atoms with Gasteiger partial charge in [-0.3, -0.25) is 20.5 Å². The molecule has 2 N–H and O–H groups in total. The fourth-order valence-corrected chi connectivity index (χ4v) is 2.39. The molecule has 3 rings (SSSR count). The maximum atomic E-state index is 10.9. The van der Waals surface area contributed by atoms with E-state index in [2.05, 4.69) is 15.5 Å². The van der Waals surface area contributed by atoms with E-state index < -0.39 is 10.7 Å². The second kappa shape index (κ2) is 6.33. The van der Waals surface area contributed by atoms with Gasteiger partial charge in [-0.1, -0.05) is 18.2 Å². The topological polar surface area (TPSA) is 101 Å². The van der Waals surface area contributed by atoms with E-state index in [1.165, 1.54) is 12.3 Å². The minimum atomic E-state index is -0.623. The quantitative estimate of drug-likeness (QED) is 0.434. The molecule has 0 fully saturated rings. The molecule has 0 radical (unpaired) electrons. The lowest BCUT2D eigenvalue weighted by Crippen LogP contribution is -1.96. The number of hydrazone groups is 1. The van der Waals surface area contributed by atoms with Gasteiger partial charge in [-0.15, -0.1) is 0 Å². The average Bonchev–Trinajstić information content (AvgIpc) is 2.57. The molecule has 0 unspecified atom stereocenters. The zero-order valence-electron chi connectivity index (χ0n) is 12.8. The number of aromatic hydroxyl groups is 1. The highest BCUT2D eigenvalue weighted by Crippen LogP contribution is 2.30. The van der Waals surface area contributed by atoms with Crippen molar-refractivity contribution in [3.05, 3.63) is 69.9 Å². The SMILES string of the molecule is Cc1cc(C=NNc2cccc3cccnc23)c(O)c([N+](=O)[O-])c1. The molecule has 0 amide bonds. The van der Waals surface area contributed by atoms with Crippen LogP contribution in [0.4, 0.5) is 11.4 Å². The maximum Gasteiger partial charge on any atom is 0.311 e. The molecule has 0 aliphatic rings. The van der Waals surface area contributed by atoms with Crippen LogP contribution >= 0.6 is 0 Å². The monoisotopic (exact) mass is 322 g/mol. The van der Waals surface area contributed by atoms with Gasteiger partial charge in [-0.05, 0) is 30.7 Å². The van der Waals surface area contributed by atoms with Crippen LogP contribution < -0.4 is 5.43 Å². The first-order valence-electron chi connectivity index (χ1n) is 7.17. The average molecular weight is 322 g/mol. The van der Waals surface area contributed by atoms with E-state index in [1.54, 1.807) is 19.2 Å². The normalized spacial score (nSPS) is 11.0. The Hall–Kier alpha value is -3.48. The molecule has 0 bridgehead atoms. The summed E-state index contributed by atoms with van der Waals surface area (Å²) in [5.41, 5.74) is 4.90. The van der Waals surface area contributed by atoms with Crippen molar-refractivity contribution in [1.82, 2.24) is 4.98 Å². The van der Waals surface area contributed by atoms with Crippen LogP contribution in [0.25, 0.3) is 10.9 Å². The molecule has 1 aromatic heterocycles. The number of para-hydroxylation sites is 1. The Morgan fingerprint density at radius 2 is 2.08 bits per heavy atom. The fraction of sp³-hybridized carbons (Fsp3) is 0.0588. The number of pyridine rings is 1. The Kier molecular flexibility index (Phi) is 4.07. The van der Waals surface area contributed by atoms with Crippen LogP contribution in [0.5, 0.6) is 5.75 Å². The molecular weight excluding hydrogens is 308 g/mol. The van der Waals surface area contributed by atoms with Crippen molar-refractivity contribution in [2.45, 2.75) is 6.92 Å². The summed E-state index contributed by atoms with van der Waals surface area (Å²) < 4.78 is 0. The lowest BCUT2D eigenvalue weighted by Gasteiger charge is -2.05. The molecule has 0 saturated heterocycles. The van der Waals surface area contributed by atoms with Crippen molar-refractivity contribution in [3.63, 3.8) is 0 Å². The lowest BCUT2D eigenvalue weighted by molar-refractivity contribution is -0.385. The molecule has 0 aliphatic carbocycles. The smallest absolute Gasteiger partial charge is 0.311 e. The number of nitrogens with one attached hydrogen (secondary N) is 1. The Labute approximate surface area is 137 Å². The van der Waals surface area contributed by atoms with Crippen molar-refractivity contribution in [2.75, 3.05) is 5.43 Å². The number of phenolic OH excluding ortho intramolecular Hbond substituents is 1. The van der Waals surface area contributed by atoms with E-state index in [0.29, 0.717) is 11.3 Å². The van der Waals surface area contributed by atoms with Gasteiger partial charge >= 0.3 is 5.69 Å². The summed E-state index contributed by atoms with van der Waals surface area (Å²) in [7, 11) is 0.